The minimum Gasteiger partial charge on any atom is -0.490 e. The van der Waals surface area contributed by atoms with Gasteiger partial charge in [-0.15, -0.1) is 0 Å². The van der Waals surface area contributed by atoms with Crippen molar-refractivity contribution in [2.75, 3.05) is 12.3 Å². The number of nitrogen functional groups attached to an aromatic ring is 1. The number of pyridine rings is 1. The van der Waals surface area contributed by atoms with E-state index in [1.165, 1.54) is 0 Å². The van der Waals surface area contributed by atoms with Crippen molar-refractivity contribution in [2.45, 2.75) is 45.8 Å². The predicted molar refractivity (Wildman–Crippen MR) is 161 cm³/mol. The molecule has 4 aromatic rings. The minimum absolute atomic E-state index is 0.215. The predicted octanol–water partition coefficient (Wildman–Crippen LogP) is 6.90. The third kappa shape index (κ3) is 7.69. The van der Waals surface area contributed by atoms with E-state index in [1.807, 2.05) is 106 Å². The summed E-state index contributed by atoms with van der Waals surface area (Å²) in [5.74, 6) is 0.559. The molecule has 0 fully saturated rings. The van der Waals surface area contributed by atoms with Crippen LogP contribution in [-0.2, 0) is 11.2 Å². The molecule has 0 aliphatic rings. The zero-order valence-corrected chi connectivity index (χ0v) is 23.4. The standard InChI is InChI=1S/C33H36N4O3/c1-22(34)28-18-25(15-16-30(28)35)29-19-27(20-36-31(29)24-13-9-6-10-14-24)39-21-26(17-23-11-7-5-8-12-23)37-32(38)40-33(2,3)4/h5-16,18-20,26,34H,17,21,35H2,1-4H3,(H,37,38). The molecule has 0 aliphatic carbocycles. The number of alkyl carbamates (subject to hydrolysis) is 1. The maximum Gasteiger partial charge on any atom is 0.408 e. The van der Waals surface area contributed by atoms with Gasteiger partial charge in [-0.05, 0) is 63.4 Å². The van der Waals surface area contributed by atoms with Crippen LogP contribution in [0.3, 0.4) is 0 Å². The molecule has 3 aromatic carbocycles. The summed E-state index contributed by atoms with van der Waals surface area (Å²) in [7, 11) is 0. The van der Waals surface area contributed by atoms with Crippen LogP contribution in [-0.4, -0.2) is 35.0 Å². The molecule has 40 heavy (non-hydrogen) atoms. The van der Waals surface area contributed by atoms with E-state index in [0.717, 1.165) is 27.9 Å². The summed E-state index contributed by atoms with van der Waals surface area (Å²) in [5, 5.41) is 11.1. The van der Waals surface area contributed by atoms with Gasteiger partial charge in [0.2, 0.25) is 0 Å². The van der Waals surface area contributed by atoms with Crippen LogP contribution in [0.1, 0.15) is 38.8 Å². The Kier molecular flexibility index (Phi) is 8.84. The molecule has 0 aliphatic heterocycles. The molecule has 1 amide bonds. The van der Waals surface area contributed by atoms with E-state index in [0.29, 0.717) is 29.1 Å². The molecule has 1 heterocycles. The number of hydrogen-bond donors (Lipinski definition) is 3. The van der Waals surface area contributed by atoms with Gasteiger partial charge in [0.1, 0.15) is 18.0 Å². The molecule has 206 valence electrons. The van der Waals surface area contributed by atoms with Crippen molar-refractivity contribution < 1.29 is 14.3 Å². The first kappa shape index (κ1) is 28.4. The highest BCUT2D eigenvalue weighted by Gasteiger charge is 2.21. The van der Waals surface area contributed by atoms with Crippen LogP contribution < -0.4 is 15.8 Å². The largest absolute Gasteiger partial charge is 0.490 e. The summed E-state index contributed by atoms with van der Waals surface area (Å²) < 4.78 is 11.7. The second-order valence-corrected chi connectivity index (χ2v) is 10.7. The lowest BCUT2D eigenvalue weighted by molar-refractivity contribution is 0.0487. The molecule has 7 heteroatoms. The fourth-order valence-electron chi connectivity index (χ4n) is 4.34. The van der Waals surface area contributed by atoms with Crippen LogP contribution in [0.15, 0.2) is 91.1 Å². The zero-order chi connectivity index (χ0) is 28.7. The molecule has 1 atom stereocenters. The molecular formula is C33H36N4O3. The van der Waals surface area contributed by atoms with Gasteiger partial charge < -0.3 is 25.9 Å². The Morgan fingerprint density at radius 3 is 2.30 bits per heavy atom. The number of benzene rings is 3. The number of carbonyl (C=O) groups excluding carboxylic acids is 1. The summed E-state index contributed by atoms with van der Waals surface area (Å²) in [4.78, 5) is 17.4. The molecule has 4 N–H and O–H groups in total. The van der Waals surface area contributed by atoms with Gasteiger partial charge in [0.15, 0.2) is 0 Å². The lowest BCUT2D eigenvalue weighted by Gasteiger charge is -2.24. The highest BCUT2D eigenvalue weighted by molar-refractivity contribution is 6.02. The number of nitrogens with two attached hydrogens (primary N) is 1. The van der Waals surface area contributed by atoms with Crippen LogP contribution in [0.25, 0.3) is 22.4 Å². The molecule has 4 rings (SSSR count). The lowest BCUT2D eigenvalue weighted by atomic mass is 9.96. The minimum atomic E-state index is -0.610. The molecule has 0 saturated heterocycles. The van der Waals surface area contributed by atoms with E-state index in [-0.39, 0.29) is 12.6 Å². The van der Waals surface area contributed by atoms with E-state index >= 15 is 0 Å². The maximum atomic E-state index is 12.6. The van der Waals surface area contributed by atoms with Crippen molar-refractivity contribution in [3.05, 3.63) is 102 Å². The first-order valence-electron chi connectivity index (χ1n) is 13.3. The molecule has 1 aromatic heterocycles. The molecule has 0 radical (unpaired) electrons. The third-order valence-electron chi connectivity index (χ3n) is 6.18. The number of carbonyl (C=O) groups is 1. The van der Waals surface area contributed by atoms with Gasteiger partial charge in [0, 0.05) is 28.1 Å². The summed E-state index contributed by atoms with van der Waals surface area (Å²) in [6.45, 7) is 7.43. The third-order valence-corrected chi connectivity index (χ3v) is 6.18. The van der Waals surface area contributed by atoms with E-state index < -0.39 is 11.7 Å². The van der Waals surface area contributed by atoms with Crippen molar-refractivity contribution in [3.63, 3.8) is 0 Å². The van der Waals surface area contributed by atoms with E-state index in [2.05, 4.69) is 5.32 Å². The Morgan fingerprint density at radius 2 is 1.65 bits per heavy atom. The van der Waals surface area contributed by atoms with Gasteiger partial charge in [0.05, 0.1) is 17.9 Å². The molecule has 1 unspecified atom stereocenters. The molecule has 7 nitrogen and oxygen atoms in total. The fraction of sp³-hybridized carbons (Fsp3) is 0.242. The van der Waals surface area contributed by atoms with E-state index in [4.69, 9.17) is 25.6 Å². The second-order valence-electron chi connectivity index (χ2n) is 10.7. The first-order valence-corrected chi connectivity index (χ1v) is 13.3. The number of rotatable bonds is 9. The van der Waals surface area contributed by atoms with Gasteiger partial charge in [0.25, 0.3) is 0 Å². The number of ether oxygens (including phenoxy) is 2. The Labute approximate surface area is 235 Å². The highest BCUT2D eigenvalue weighted by atomic mass is 16.6. The monoisotopic (exact) mass is 536 g/mol. The van der Waals surface area contributed by atoms with Crippen LogP contribution >= 0.6 is 0 Å². The number of hydrogen-bond acceptors (Lipinski definition) is 6. The maximum absolute atomic E-state index is 12.6. The van der Waals surface area contributed by atoms with Gasteiger partial charge in [-0.1, -0.05) is 66.7 Å². The van der Waals surface area contributed by atoms with Crippen molar-refractivity contribution in [1.82, 2.24) is 10.3 Å². The smallest absolute Gasteiger partial charge is 0.408 e. The quantitative estimate of drug-likeness (QED) is 0.159. The molecule has 0 spiro atoms. The highest BCUT2D eigenvalue weighted by Crippen LogP contribution is 2.34. The molecule has 0 bridgehead atoms. The van der Waals surface area contributed by atoms with Gasteiger partial charge in [-0.25, -0.2) is 4.79 Å². The van der Waals surface area contributed by atoms with Crippen molar-refractivity contribution in [1.29, 1.82) is 5.41 Å². The Bertz CT molecular complexity index is 1460. The van der Waals surface area contributed by atoms with E-state index in [9.17, 15) is 4.79 Å². The van der Waals surface area contributed by atoms with Crippen LogP contribution in [0.4, 0.5) is 10.5 Å². The summed E-state index contributed by atoms with van der Waals surface area (Å²) >= 11 is 0. The zero-order valence-electron chi connectivity index (χ0n) is 23.4. The van der Waals surface area contributed by atoms with Gasteiger partial charge >= 0.3 is 6.09 Å². The lowest BCUT2D eigenvalue weighted by Crippen LogP contribution is -2.43. The van der Waals surface area contributed by atoms with Gasteiger partial charge in [-0.2, -0.15) is 0 Å². The Balaban J connectivity index is 1.64. The van der Waals surface area contributed by atoms with Crippen molar-refractivity contribution in [2.24, 2.45) is 0 Å². The number of aromatic nitrogens is 1. The summed E-state index contributed by atoms with van der Waals surface area (Å²) in [6, 6.07) is 27.1. The summed E-state index contributed by atoms with van der Waals surface area (Å²) in [6.07, 6.45) is 1.77. The summed E-state index contributed by atoms with van der Waals surface area (Å²) in [5.41, 5.74) is 11.7. The SMILES string of the molecule is CC(=N)c1cc(-c2cc(OCC(Cc3ccccc3)NC(=O)OC(C)(C)C)cnc2-c2ccccc2)ccc1N. The molecular weight excluding hydrogens is 500 g/mol. The van der Waals surface area contributed by atoms with Crippen LogP contribution in [0.2, 0.25) is 0 Å². The van der Waals surface area contributed by atoms with Crippen LogP contribution in [0.5, 0.6) is 5.75 Å². The van der Waals surface area contributed by atoms with Crippen LogP contribution in [0, 0.1) is 5.41 Å². The number of amides is 1. The average molecular weight is 537 g/mol. The molecule has 0 saturated carbocycles. The van der Waals surface area contributed by atoms with Crippen molar-refractivity contribution >= 4 is 17.5 Å². The fourth-order valence-corrected chi connectivity index (χ4v) is 4.34. The number of anilines is 1. The topological polar surface area (TPSA) is 110 Å². The Morgan fingerprint density at radius 1 is 0.975 bits per heavy atom. The van der Waals surface area contributed by atoms with Gasteiger partial charge in [-0.3, -0.25) is 4.98 Å². The average Bonchev–Trinajstić information content (AvgIpc) is 2.92. The Hall–Kier alpha value is -4.65. The normalized spacial score (nSPS) is 11.9. The second kappa shape index (κ2) is 12.5. The number of nitrogens with zero attached hydrogens (tertiary/aromatic N) is 1. The van der Waals surface area contributed by atoms with E-state index in [1.54, 1.807) is 13.1 Å². The number of nitrogens with one attached hydrogen (secondary N) is 2. The first-order chi connectivity index (χ1) is 19.1. The van der Waals surface area contributed by atoms with Crippen molar-refractivity contribution in [3.8, 4) is 28.1 Å².